The van der Waals surface area contributed by atoms with Gasteiger partial charge in [0.25, 0.3) is 0 Å². The number of carbonyl (C=O) groups is 1. The summed E-state index contributed by atoms with van der Waals surface area (Å²) in [6.45, 7) is 20.2. The molecule has 0 radical (unpaired) electrons. The predicted molar refractivity (Wildman–Crippen MR) is 140 cm³/mol. The number of rotatable bonds is 22. The highest BCUT2D eigenvalue weighted by Gasteiger charge is 2.34. The fourth-order valence-corrected chi connectivity index (χ4v) is 8.21. The lowest BCUT2D eigenvalue weighted by Crippen LogP contribution is -2.35. The second kappa shape index (κ2) is 18.3. The maximum absolute atomic E-state index is 12.3. The van der Waals surface area contributed by atoms with Gasteiger partial charge in [-0.1, -0.05) is 53.4 Å². The molecule has 0 saturated carbocycles. The number of unbranched alkanes of at least 4 members (excludes halogenated alkanes) is 4. The maximum Gasteiger partial charge on any atom is 0.327 e. The van der Waals surface area contributed by atoms with Crippen LogP contribution in [0.2, 0.25) is 10.1 Å². The molecule has 0 fully saturated rings. The van der Waals surface area contributed by atoms with Gasteiger partial charge in [-0.2, -0.15) is 0 Å². The summed E-state index contributed by atoms with van der Waals surface area (Å²) in [6, 6.07) is 0. The molecule has 0 aliphatic carbocycles. The zero-order chi connectivity index (χ0) is 24.5. The van der Waals surface area contributed by atoms with E-state index in [1.807, 2.05) is 27.7 Å². The summed E-state index contributed by atoms with van der Waals surface area (Å²) in [5.74, 6) is 0.426. The summed E-state index contributed by atoms with van der Waals surface area (Å²) >= 11 is 0. The van der Waals surface area contributed by atoms with Crippen LogP contribution in [0.25, 0.3) is 0 Å². The molecule has 0 unspecified atom stereocenters. The lowest BCUT2D eigenvalue weighted by molar-refractivity contribution is -0.119. The Kier molecular flexibility index (Phi) is 18.3. The van der Waals surface area contributed by atoms with E-state index >= 15 is 0 Å². The smallest absolute Gasteiger partial charge is 0.327 e. The van der Waals surface area contributed by atoms with Crippen LogP contribution in [0.1, 0.15) is 120 Å². The van der Waals surface area contributed by atoms with E-state index in [1.165, 1.54) is 0 Å². The highest BCUT2D eigenvalue weighted by atomic mass is 28.3. The molecule has 0 bridgehead atoms. The SMILES string of the molecule is CCO[SiH](OCC)C(C)(C)CCCCCC(=O)CCCCCC(C)(C)[SiH](OCC)OCC. The molecular formula is C25H54O5Si2. The van der Waals surface area contributed by atoms with Crippen LogP contribution in [-0.2, 0) is 22.5 Å². The predicted octanol–water partition coefficient (Wildman–Crippen LogP) is 6.60. The average Bonchev–Trinajstić information content (AvgIpc) is 2.72. The van der Waals surface area contributed by atoms with Crippen LogP contribution in [0, 0.1) is 0 Å². The maximum atomic E-state index is 12.3. The summed E-state index contributed by atoms with van der Waals surface area (Å²) in [5.41, 5.74) is 0. The summed E-state index contributed by atoms with van der Waals surface area (Å²) < 4.78 is 23.7. The Hall–Kier alpha value is -0.0562. The van der Waals surface area contributed by atoms with E-state index in [9.17, 15) is 4.79 Å². The minimum Gasteiger partial charge on any atom is -0.397 e. The first-order valence-corrected chi connectivity index (χ1v) is 16.2. The van der Waals surface area contributed by atoms with E-state index < -0.39 is 18.6 Å². The summed E-state index contributed by atoms with van der Waals surface area (Å²) in [5, 5.41) is 0.270. The molecule has 0 aromatic rings. The molecule has 0 aliphatic rings. The fourth-order valence-electron chi connectivity index (χ4n) is 4.12. The molecule has 32 heavy (non-hydrogen) atoms. The van der Waals surface area contributed by atoms with Crippen LogP contribution >= 0.6 is 0 Å². The third kappa shape index (κ3) is 14.3. The Morgan fingerprint density at radius 2 is 0.875 bits per heavy atom. The van der Waals surface area contributed by atoms with Gasteiger partial charge in [-0.3, -0.25) is 4.79 Å². The van der Waals surface area contributed by atoms with Crippen LogP contribution in [0.5, 0.6) is 0 Å². The molecule has 0 saturated heterocycles. The van der Waals surface area contributed by atoms with Crippen LogP contribution in [0.3, 0.4) is 0 Å². The van der Waals surface area contributed by atoms with Crippen LogP contribution in [0.15, 0.2) is 0 Å². The first-order chi connectivity index (χ1) is 15.1. The van der Waals surface area contributed by atoms with Crippen molar-refractivity contribution in [1.29, 1.82) is 0 Å². The van der Waals surface area contributed by atoms with Gasteiger partial charge in [0, 0.05) is 49.3 Å². The van der Waals surface area contributed by atoms with E-state index in [1.54, 1.807) is 0 Å². The van der Waals surface area contributed by atoms with Crippen LogP contribution in [-0.4, -0.2) is 50.8 Å². The molecule has 0 atom stereocenters. The summed E-state index contributed by atoms with van der Waals surface area (Å²) in [6.07, 6.45) is 10.2. The molecule has 192 valence electrons. The van der Waals surface area contributed by atoms with Crippen molar-refractivity contribution in [3.8, 4) is 0 Å². The van der Waals surface area contributed by atoms with Crippen molar-refractivity contribution in [2.75, 3.05) is 26.4 Å². The van der Waals surface area contributed by atoms with Gasteiger partial charge in [0.1, 0.15) is 5.78 Å². The molecule has 0 aromatic carbocycles. The van der Waals surface area contributed by atoms with Gasteiger partial charge in [-0.25, -0.2) is 0 Å². The number of Topliss-reactive ketones (excluding diaryl/α,β-unsaturated/α-hetero) is 1. The molecule has 0 aliphatic heterocycles. The number of ketones is 1. The zero-order valence-corrected chi connectivity index (χ0v) is 24.9. The van der Waals surface area contributed by atoms with Gasteiger partial charge in [-0.05, 0) is 53.4 Å². The Morgan fingerprint density at radius 1 is 0.562 bits per heavy atom. The average molecular weight is 491 g/mol. The number of carbonyl (C=O) groups excluding carboxylic acids is 1. The van der Waals surface area contributed by atoms with Crippen LogP contribution < -0.4 is 0 Å². The molecule has 0 heterocycles. The second-order valence-electron chi connectivity index (χ2n) is 10.1. The quantitative estimate of drug-likeness (QED) is 0.126. The van der Waals surface area contributed by atoms with Crippen molar-refractivity contribution in [1.82, 2.24) is 0 Å². The van der Waals surface area contributed by atoms with Crippen molar-refractivity contribution in [3.63, 3.8) is 0 Å². The monoisotopic (exact) mass is 490 g/mol. The van der Waals surface area contributed by atoms with Gasteiger partial charge >= 0.3 is 18.6 Å². The summed E-state index contributed by atoms with van der Waals surface area (Å²) in [7, 11) is -3.29. The van der Waals surface area contributed by atoms with E-state index in [-0.39, 0.29) is 10.1 Å². The molecule has 0 spiro atoms. The Labute approximate surface area is 203 Å². The van der Waals surface area contributed by atoms with E-state index in [0.717, 1.165) is 90.6 Å². The van der Waals surface area contributed by atoms with Crippen molar-refractivity contribution in [2.45, 2.75) is 130 Å². The van der Waals surface area contributed by atoms with Crippen molar-refractivity contribution in [2.24, 2.45) is 0 Å². The lowest BCUT2D eigenvalue weighted by atomic mass is 10.00. The molecule has 7 heteroatoms. The molecule has 0 rings (SSSR count). The Balaban J connectivity index is 3.98. The molecular weight excluding hydrogens is 436 g/mol. The van der Waals surface area contributed by atoms with Crippen molar-refractivity contribution < 1.29 is 22.5 Å². The minimum absolute atomic E-state index is 0.135. The van der Waals surface area contributed by atoms with E-state index in [2.05, 4.69) is 27.7 Å². The highest BCUT2D eigenvalue weighted by molar-refractivity contribution is 6.48. The lowest BCUT2D eigenvalue weighted by Gasteiger charge is -2.31. The van der Waals surface area contributed by atoms with Gasteiger partial charge in [0.2, 0.25) is 0 Å². The fraction of sp³-hybridized carbons (Fsp3) is 0.960. The van der Waals surface area contributed by atoms with Gasteiger partial charge < -0.3 is 17.7 Å². The van der Waals surface area contributed by atoms with Gasteiger partial charge in [0.15, 0.2) is 0 Å². The third-order valence-electron chi connectivity index (χ3n) is 6.10. The standard InChI is InChI=1S/C25H54O5Si2/c1-9-27-31(28-10-2)24(5,6)21-17-13-15-19-23(26)20-16-14-18-22-25(7,8)32(29-11-3)30-12-4/h31-32H,9-22H2,1-8H3. The van der Waals surface area contributed by atoms with E-state index in [4.69, 9.17) is 17.7 Å². The van der Waals surface area contributed by atoms with Crippen LogP contribution in [0.4, 0.5) is 0 Å². The second-order valence-corrected chi connectivity index (χ2v) is 15.9. The molecule has 0 N–H and O–H groups in total. The first-order valence-electron chi connectivity index (χ1n) is 13.1. The largest absolute Gasteiger partial charge is 0.397 e. The topological polar surface area (TPSA) is 54.0 Å². The molecule has 5 nitrogen and oxygen atoms in total. The molecule has 0 amide bonds. The zero-order valence-electron chi connectivity index (χ0n) is 22.6. The Morgan fingerprint density at radius 3 is 1.16 bits per heavy atom. The Bertz CT molecular complexity index is 419. The highest BCUT2D eigenvalue weighted by Crippen LogP contribution is 2.37. The summed E-state index contributed by atoms with van der Waals surface area (Å²) in [4.78, 5) is 12.3. The van der Waals surface area contributed by atoms with E-state index in [0.29, 0.717) is 5.78 Å². The normalized spacial score (nSPS) is 12.8. The van der Waals surface area contributed by atoms with Crippen molar-refractivity contribution >= 4 is 24.4 Å². The van der Waals surface area contributed by atoms with Gasteiger partial charge in [0.05, 0.1) is 0 Å². The van der Waals surface area contributed by atoms with Gasteiger partial charge in [-0.15, -0.1) is 0 Å². The minimum atomic E-state index is -1.64. The molecule has 0 aromatic heterocycles. The number of hydrogen-bond acceptors (Lipinski definition) is 5. The first kappa shape index (κ1) is 31.9. The third-order valence-corrected chi connectivity index (χ3v) is 11.8. The van der Waals surface area contributed by atoms with Crippen molar-refractivity contribution in [3.05, 3.63) is 0 Å². The number of hydrogen-bond donors (Lipinski definition) is 0.